The van der Waals surface area contributed by atoms with Crippen LogP contribution in [0.4, 0.5) is 11.4 Å². The molecule has 342 valence electrons. The van der Waals surface area contributed by atoms with Gasteiger partial charge in [-0.05, 0) is 97.5 Å². The first-order chi connectivity index (χ1) is 29.6. The third kappa shape index (κ3) is 9.30. The monoisotopic (exact) mass is 959 g/mol. The number of benzene rings is 4. The van der Waals surface area contributed by atoms with E-state index >= 15 is 0 Å². The topological polar surface area (TPSA) is 302 Å². The molecule has 4 aromatic carbocycles. The summed E-state index contributed by atoms with van der Waals surface area (Å²) in [5.41, 5.74) is 10.1. The van der Waals surface area contributed by atoms with E-state index < -0.39 is 70.9 Å². The zero-order chi connectivity index (χ0) is 47.4. The van der Waals surface area contributed by atoms with Gasteiger partial charge in [-0.1, -0.05) is 37.5 Å². The Morgan fingerprint density at radius 3 is 1.86 bits per heavy atom. The number of anilines is 1. The van der Waals surface area contributed by atoms with Crippen LogP contribution in [0.5, 0.6) is 0 Å². The van der Waals surface area contributed by atoms with Crippen molar-refractivity contribution in [3.05, 3.63) is 94.0 Å². The molecule has 2 aliphatic rings. The lowest BCUT2D eigenvalue weighted by Gasteiger charge is -2.27. The first kappa shape index (κ1) is 48.2. The second-order valence-corrected chi connectivity index (χ2v) is 22.2. The fourth-order valence-corrected chi connectivity index (χ4v) is 11.6. The van der Waals surface area contributed by atoms with Crippen LogP contribution in [0, 0.1) is 0 Å². The van der Waals surface area contributed by atoms with Crippen molar-refractivity contribution in [1.82, 2.24) is 5.32 Å². The number of carbonyl (C=O) groups excluding carboxylic acids is 1. The van der Waals surface area contributed by atoms with Gasteiger partial charge in [-0.25, -0.2) is 0 Å². The van der Waals surface area contributed by atoms with Gasteiger partial charge in [-0.2, -0.15) is 38.2 Å². The number of rotatable bonds is 16. The van der Waals surface area contributed by atoms with Gasteiger partial charge in [-0.3, -0.25) is 23.0 Å². The van der Waals surface area contributed by atoms with Crippen LogP contribution in [-0.2, 0) is 56.1 Å². The Bertz CT molecular complexity index is 3250. The highest BCUT2D eigenvalue weighted by Crippen LogP contribution is 2.52. The van der Waals surface area contributed by atoms with E-state index in [2.05, 4.69) is 15.3 Å². The van der Waals surface area contributed by atoms with Crippen molar-refractivity contribution in [3.63, 3.8) is 0 Å². The van der Waals surface area contributed by atoms with Gasteiger partial charge in [0.15, 0.2) is 5.71 Å². The Kier molecular flexibility index (Phi) is 13.0. The highest BCUT2D eigenvalue weighted by Gasteiger charge is 2.46. The maximum Gasteiger partial charge on any atom is 0.295 e. The lowest BCUT2D eigenvalue weighted by Crippen LogP contribution is -2.28. The van der Waals surface area contributed by atoms with Crippen molar-refractivity contribution in [3.8, 4) is 0 Å². The van der Waals surface area contributed by atoms with E-state index in [4.69, 9.17) is 5.53 Å². The summed E-state index contributed by atoms with van der Waals surface area (Å²) >= 11 is 0. The van der Waals surface area contributed by atoms with E-state index in [1.165, 1.54) is 12.1 Å². The maximum absolute atomic E-state index is 12.6. The van der Waals surface area contributed by atoms with Gasteiger partial charge in [0.25, 0.3) is 40.5 Å². The molecule has 4 aromatic rings. The molecule has 0 aliphatic carbocycles. The summed E-state index contributed by atoms with van der Waals surface area (Å²) in [5, 5.41) is 6.62. The molecule has 23 heteroatoms. The van der Waals surface area contributed by atoms with Crippen LogP contribution in [0.25, 0.3) is 32.0 Å². The maximum atomic E-state index is 12.6. The zero-order valence-electron chi connectivity index (χ0n) is 35.3. The molecule has 6 rings (SSSR count). The van der Waals surface area contributed by atoms with Crippen molar-refractivity contribution in [2.24, 2.45) is 5.11 Å². The van der Waals surface area contributed by atoms with Gasteiger partial charge < -0.3 is 10.2 Å². The Labute approximate surface area is 370 Å². The molecule has 2 heterocycles. The van der Waals surface area contributed by atoms with Gasteiger partial charge in [0.1, 0.15) is 16.8 Å². The Balaban J connectivity index is 1.42. The molecule has 0 saturated carbocycles. The molecule has 0 aromatic heterocycles. The van der Waals surface area contributed by atoms with Gasteiger partial charge in [0.2, 0.25) is 11.6 Å². The number of hydrogen-bond donors (Lipinski definition) is 5. The van der Waals surface area contributed by atoms with Gasteiger partial charge in [-0.15, -0.1) is 0 Å². The minimum Gasteiger partial charge on any atom is -0.356 e. The molecular weight excluding hydrogens is 913 g/mol. The van der Waals surface area contributed by atoms with E-state index in [0.717, 1.165) is 12.1 Å². The molecule has 0 spiro atoms. The molecule has 0 bridgehead atoms. The van der Waals surface area contributed by atoms with Crippen molar-refractivity contribution in [1.29, 1.82) is 0 Å². The lowest BCUT2D eigenvalue weighted by molar-refractivity contribution is -0.401. The number of nitrogens with one attached hydrogen (secondary N) is 1. The van der Waals surface area contributed by atoms with Gasteiger partial charge >= 0.3 is 0 Å². The highest BCUT2D eigenvalue weighted by molar-refractivity contribution is 7.87. The van der Waals surface area contributed by atoms with E-state index in [9.17, 15) is 56.7 Å². The van der Waals surface area contributed by atoms with Crippen LogP contribution in [0.15, 0.2) is 97.2 Å². The van der Waals surface area contributed by atoms with E-state index in [-0.39, 0.29) is 40.4 Å². The third-order valence-corrected chi connectivity index (χ3v) is 15.1. The molecule has 5 N–H and O–H groups in total. The predicted octanol–water partition coefficient (Wildman–Crippen LogP) is 6.60. The third-order valence-electron chi connectivity index (χ3n) is 11.7. The van der Waals surface area contributed by atoms with Crippen LogP contribution < -0.4 is 10.2 Å². The van der Waals surface area contributed by atoms with Crippen molar-refractivity contribution in [2.75, 3.05) is 31.6 Å². The summed E-state index contributed by atoms with van der Waals surface area (Å²) in [6.07, 6.45) is 7.91. The number of fused-ring (bicyclic) bond motifs is 6. The minimum absolute atomic E-state index is 0.0214. The Hall–Kier alpha value is -5.23. The molecule has 19 nitrogen and oxygen atoms in total. The summed E-state index contributed by atoms with van der Waals surface area (Å²) in [4.78, 5) is 14.2. The number of hydrogen-bond acceptors (Lipinski definition) is 11. The van der Waals surface area contributed by atoms with Crippen molar-refractivity contribution >= 4 is 85.0 Å². The average Bonchev–Trinajstić information content (AvgIpc) is 3.52. The normalized spacial score (nSPS) is 16.8. The van der Waals surface area contributed by atoms with Crippen molar-refractivity contribution in [2.45, 2.75) is 90.2 Å². The number of allylic oxidation sites excluding steroid dienone is 4. The number of unbranched alkanes of at least 4 members (excludes halogenated alkanes) is 2. The van der Waals surface area contributed by atoms with Gasteiger partial charge in [0.05, 0.1) is 15.2 Å². The molecule has 0 fully saturated rings. The van der Waals surface area contributed by atoms with Crippen LogP contribution >= 0.6 is 0 Å². The van der Waals surface area contributed by atoms with E-state index in [1.54, 1.807) is 25.3 Å². The second-order valence-electron chi connectivity index (χ2n) is 16.6. The lowest BCUT2D eigenvalue weighted by atomic mass is 9.79. The molecule has 0 radical (unpaired) electrons. The van der Waals surface area contributed by atoms with Crippen LogP contribution in [0.2, 0.25) is 0 Å². The first-order valence-electron chi connectivity index (χ1n) is 19.8. The van der Waals surface area contributed by atoms with E-state index in [1.807, 2.05) is 49.3 Å². The fourth-order valence-electron chi connectivity index (χ4n) is 8.88. The Morgan fingerprint density at radius 2 is 1.31 bits per heavy atom. The first-order valence-corrected chi connectivity index (χ1v) is 25.6. The second kappa shape index (κ2) is 17.3. The standard InChI is InChI=1S/C41H46N6O13S4/c1-40(2)35(46(5)31-16-14-27-29(38(31)40)21-25(61(49,50)51)23-33(27)63(55,56)57)11-9-12-36-41(3,4)39-30-22-26(62(52,53)54)24-34(64(58,59)60)28(30)15-17-32(39)47(36)20-8-6-7-13-37(48)43-18-10-19-44-45-42/h9,11-12,14-17,21-24H,6-8,10,13,18-20H2,1-5H3,(H4-,43,48,49,50,51,52,53,54,55,56,57,58,59,60)/p+1. The molecular formula is C41H47N6O13S4+. The van der Waals surface area contributed by atoms with Gasteiger partial charge in [0, 0.05) is 76.2 Å². The quantitative estimate of drug-likeness (QED) is 0.0197. The van der Waals surface area contributed by atoms with Crippen LogP contribution in [-0.4, -0.2) is 94.8 Å². The summed E-state index contributed by atoms with van der Waals surface area (Å²) in [6, 6.07) is 9.91. The number of nitrogens with zero attached hydrogens (tertiary/aromatic N) is 5. The SMILES string of the molecule is C[N+]1=C(C=CC=C2N(CCCCCC(=O)NCCCN=[N+]=[N-])c3ccc4c(S(=O)(=O)O)cc(S(=O)(=O)O)cc4c3C2(C)C)C(C)(C)c2c1ccc1c(S(=O)(=O)O)cc(S(=O)(=O)O)cc21. The number of azide groups is 1. The molecule has 2 aliphatic heterocycles. The predicted molar refractivity (Wildman–Crippen MR) is 239 cm³/mol. The number of amides is 1. The zero-order valence-corrected chi connectivity index (χ0v) is 38.6. The molecule has 64 heavy (non-hydrogen) atoms. The summed E-state index contributed by atoms with van der Waals surface area (Å²) < 4.78 is 142. The van der Waals surface area contributed by atoms with Crippen LogP contribution in [0.3, 0.4) is 0 Å². The smallest absolute Gasteiger partial charge is 0.295 e. The Morgan fingerprint density at radius 1 is 0.750 bits per heavy atom. The highest BCUT2D eigenvalue weighted by atomic mass is 32.2. The largest absolute Gasteiger partial charge is 0.356 e. The molecule has 0 atom stereocenters. The summed E-state index contributed by atoms with van der Waals surface area (Å²) in [7, 11) is -18.0. The molecule has 0 saturated heterocycles. The average molecular weight is 960 g/mol. The minimum atomic E-state index is -4.99. The summed E-state index contributed by atoms with van der Waals surface area (Å²) in [6.45, 7) is 8.40. The molecule has 0 unspecified atom stereocenters. The summed E-state index contributed by atoms with van der Waals surface area (Å²) in [5.74, 6) is -0.153. The van der Waals surface area contributed by atoms with Crippen LogP contribution in [0.1, 0.15) is 70.9 Å². The number of carbonyl (C=O) groups is 1. The van der Waals surface area contributed by atoms with Crippen molar-refractivity contribution < 1.29 is 61.3 Å². The molecule has 1 amide bonds. The fraction of sp³-hybridized carbons (Fsp3) is 0.366. The van der Waals surface area contributed by atoms with E-state index in [0.29, 0.717) is 84.8 Å².